The van der Waals surface area contributed by atoms with Crippen LogP contribution in [0.4, 0.5) is 0 Å². The van der Waals surface area contributed by atoms with Crippen molar-refractivity contribution in [3.8, 4) is 45.4 Å². The molecule has 0 radical (unpaired) electrons. The predicted molar refractivity (Wildman–Crippen MR) is 184 cm³/mol. The number of rotatable bonds is 5. The van der Waals surface area contributed by atoms with Crippen molar-refractivity contribution in [1.82, 2.24) is 24.9 Å². The van der Waals surface area contributed by atoms with Gasteiger partial charge in [-0.3, -0.25) is 4.98 Å². The van der Waals surface area contributed by atoms with Crippen LogP contribution in [-0.4, -0.2) is 24.9 Å². The fourth-order valence-electron chi connectivity index (χ4n) is 5.96. The van der Waals surface area contributed by atoms with E-state index in [1.807, 2.05) is 42.5 Å². The first kappa shape index (κ1) is 26.8. The molecule has 0 aliphatic carbocycles. The van der Waals surface area contributed by atoms with Crippen molar-refractivity contribution < 1.29 is 0 Å². The smallest absolute Gasteiger partial charge is 0.179 e. The van der Waals surface area contributed by atoms with Crippen LogP contribution in [0.15, 0.2) is 134 Å². The molecule has 0 spiro atoms. The molecule has 4 heterocycles. The van der Waals surface area contributed by atoms with Crippen molar-refractivity contribution >= 4 is 32.6 Å². The molecule has 0 unspecified atom stereocenters. The van der Waals surface area contributed by atoms with Crippen LogP contribution in [0.3, 0.4) is 0 Å². The van der Waals surface area contributed by atoms with Gasteiger partial charge < -0.3 is 0 Å². The first-order chi connectivity index (χ1) is 22.1. The second-order valence-corrected chi connectivity index (χ2v) is 11.6. The lowest BCUT2D eigenvalue weighted by Gasteiger charge is -2.15. The lowest BCUT2D eigenvalue weighted by atomic mass is 9.95. The van der Waals surface area contributed by atoms with E-state index in [-0.39, 0.29) is 5.92 Å². The van der Waals surface area contributed by atoms with Crippen molar-refractivity contribution in [2.75, 3.05) is 0 Å². The Bertz CT molecular complexity index is 2290. The number of hydrogen-bond acceptors (Lipinski definition) is 5. The highest BCUT2D eigenvalue weighted by molar-refractivity contribution is 6.05. The molecule has 0 aliphatic heterocycles. The maximum absolute atomic E-state index is 5.30. The number of hydrogen-bond donors (Lipinski definition) is 0. The topological polar surface area (TPSA) is 64.5 Å². The van der Waals surface area contributed by atoms with Gasteiger partial charge in [-0.05, 0) is 58.7 Å². The molecule has 0 saturated heterocycles. The maximum Gasteiger partial charge on any atom is 0.179 e. The van der Waals surface area contributed by atoms with E-state index in [0.717, 1.165) is 55.7 Å². The van der Waals surface area contributed by atoms with E-state index in [2.05, 4.69) is 104 Å². The summed E-state index contributed by atoms with van der Waals surface area (Å²) < 4.78 is 0. The average Bonchev–Trinajstić information content (AvgIpc) is 3.11. The normalized spacial score (nSPS) is 11.5. The largest absolute Gasteiger partial charge is 0.253 e. The summed E-state index contributed by atoms with van der Waals surface area (Å²) in [6.07, 6.45) is 1.77. The van der Waals surface area contributed by atoms with Crippen LogP contribution in [-0.2, 0) is 0 Å². The number of nitrogens with zero attached hydrogens (tertiary/aromatic N) is 5. The molecule has 0 aliphatic rings. The molecule has 5 nitrogen and oxygen atoms in total. The Morgan fingerprint density at radius 3 is 1.98 bits per heavy atom. The summed E-state index contributed by atoms with van der Waals surface area (Å²) in [6.45, 7) is 4.44. The molecular formula is C40H29N5. The lowest BCUT2D eigenvalue weighted by Crippen LogP contribution is -2.01. The van der Waals surface area contributed by atoms with Crippen molar-refractivity contribution in [1.29, 1.82) is 0 Å². The van der Waals surface area contributed by atoms with Gasteiger partial charge in [0.05, 0.1) is 33.8 Å². The Morgan fingerprint density at radius 1 is 0.444 bits per heavy atom. The van der Waals surface area contributed by atoms with Crippen molar-refractivity contribution in [2.24, 2.45) is 0 Å². The van der Waals surface area contributed by atoms with Crippen LogP contribution in [0.25, 0.3) is 78.0 Å². The standard InChI is InChI=1S/C40H29N5/c1-25(2)32-23-36(37-24-35(27-11-4-3-5-12-27)44-40(45-37)34-14-8-9-21-41-34)43-39-31(32)19-17-28-18-20-33(42-38(28)39)30-16-15-26-10-6-7-13-29(26)22-30/h3-25H,1-2H3. The Balaban J connectivity index is 1.36. The van der Waals surface area contributed by atoms with E-state index >= 15 is 0 Å². The number of aromatic nitrogens is 5. The van der Waals surface area contributed by atoms with E-state index in [9.17, 15) is 0 Å². The second-order valence-electron chi connectivity index (χ2n) is 11.6. The van der Waals surface area contributed by atoms with Crippen LogP contribution < -0.4 is 0 Å². The summed E-state index contributed by atoms with van der Waals surface area (Å²) in [7, 11) is 0. The molecule has 8 aromatic rings. The Labute approximate surface area is 261 Å². The highest BCUT2D eigenvalue weighted by Crippen LogP contribution is 2.35. The van der Waals surface area contributed by atoms with Crippen LogP contribution in [0, 0.1) is 0 Å². The zero-order valence-corrected chi connectivity index (χ0v) is 25.0. The van der Waals surface area contributed by atoms with Crippen LogP contribution >= 0.6 is 0 Å². The van der Waals surface area contributed by atoms with Gasteiger partial charge in [-0.2, -0.15) is 0 Å². The van der Waals surface area contributed by atoms with Gasteiger partial charge in [0.25, 0.3) is 0 Å². The highest BCUT2D eigenvalue weighted by Gasteiger charge is 2.17. The highest BCUT2D eigenvalue weighted by atomic mass is 14.9. The SMILES string of the molecule is CC(C)c1cc(-c2cc(-c3ccccc3)nc(-c3ccccn3)n2)nc2c1ccc1ccc(-c3ccc4ccccc4c3)nc12. The molecular weight excluding hydrogens is 550 g/mol. The van der Waals surface area contributed by atoms with E-state index < -0.39 is 0 Å². The summed E-state index contributed by atoms with van der Waals surface area (Å²) in [4.78, 5) is 25.0. The third-order valence-electron chi connectivity index (χ3n) is 8.29. The van der Waals surface area contributed by atoms with Crippen LogP contribution in [0.1, 0.15) is 25.3 Å². The molecule has 45 heavy (non-hydrogen) atoms. The van der Waals surface area contributed by atoms with Gasteiger partial charge in [0.15, 0.2) is 5.82 Å². The average molecular weight is 580 g/mol. The fourth-order valence-corrected chi connectivity index (χ4v) is 5.96. The summed E-state index contributed by atoms with van der Waals surface area (Å²) >= 11 is 0. The predicted octanol–water partition coefficient (Wildman–Crippen LogP) is 9.91. The van der Waals surface area contributed by atoms with E-state index in [0.29, 0.717) is 11.5 Å². The zero-order chi connectivity index (χ0) is 30.3. The van der Waals surface area contributed by atoms with Gasteiger partial charge >= 0.3 is 0 Å². The van der Waals surface area contributed by atoms with Gasteiger partial charge in [0.1, 0.15) is 5.69 Å². The van der Waals surface area contributed by atoms with Crippen molar-refractivity contribution in [3.05, 3.63) is 139 Å². The molecule has 0 saturated carbocycles. The molecule has 0 bridgehead atoms. The number of pyridine rings is 3. The molecule has 0 N–H and O–H groups in total. The maximum atomic E-state index is 5.30. The van der Waals surface area contributed by atoms with E-state index in [4.69, 9.17) is 19.9 Å². The number of fused-ring (bicyclic) bond motifs is 4. The Hall–Kier alpha value is -5.81. The Kier molecular flexibility index (Phi) is 6.57. The zero-order valence-electron chi connectivity index (χ0n) is 25.0. The molecule has 0 amide bonds. The molecule has 0 atom stereocenters. The lowest BCUT2D eigenvalue weighted by molar-refractivity contribution is 0.875. The summed E-state index contributed by atoms with van der Waals surface area (Å²) in [5.74, 6) is 0.829. The molecule has 4 aromatic carbocycles. The molecule has 0 fully saturated rings. The minimum absolute atomic E-state index is 0.265. The summed E-state index contributed by atoms with van der Waals surface area (Å²) in [5, 5.41) is 4.56. The summed E-state index contributed by atoms with van der Waals surface area (Å²) in [6, 6.07) is 43.7. The third kappa shape index (κ3) is 4.98. The van der Waals surface area contributed by atoms with Crippen molar-refractivity contribution in [2.45, 2.75) is 19.8 Å². The van der Waals surface area contributed by atoms with Gasteiger partial charge in [-0.1, -0.05) is 105 Å². The second kappa shape index (κ2) is 11.0. The first-order valence-electron chi connectivity index (χ1n) is 15.2. The number of benzene rings is 4. The molecule has 4 aromatic heterocycles. The van der Waals surface area contributed by atoms with Crippen molar-refractivity contribution in [3.63, 3.8) is 0 Å². The van der Waals surface area contributed by atoms with Gasteiger partial charge in [0.2, 0.25) is 0 Å². The third-order valence-corrected chi connectivity index (χ3v) is 8.29. The minimum atomic E-state index is 0.265. The fraction of sp³-hybridized carbons (Fsp3) is 0.0750. The molecule has 5 heteroatoms. The first-order valence-corrected chi connectivity index (χ1v) is 15.2. The summed E-state index contributed by atoms with van der Waals surface area (Å²) in [5.41, 5.74) is 9.03. The van der Waals surface area contributed by atoms with E-state index in [1.54, 1.807) is 6.20 Å². The van der Waals surface area contributed by atoms with E-state index in [1.165, 1.54) is 16.3 Å². The van der Waals surface area contributed by atoms with Gasteiger partial charge in [-0.25, -0.2) is 19.9 Å². The monoisotopic (exact) mass is 579 g/mol. The Morgan fingerprint density at radius 2 is 1.16 bits per heavy atom. The quantitative estimate of drug-likeness (QED) is 0.190. The molecule has 8 rings (SSSR count). The van der Waals surface area contributed by atoms with Crippen LogP contribution in [0.2, 0.25) is 0 Å². The molecule has 214 valence electrons. The van der Waals surface area contributed by atoms with Gasteiger partial charge in [-0.15, -0.1) is 0 Å². The van der Waals surface area contributed by atoms with Gasteiger partial charge in [0, 0.05) is 28.1 Å². The van der Waals surface area contributed by atoms with Crippen LogP contribution in [0.5, 0.6) is 0 Å². The minimum Gasteiger partial charge on any atom is -0.253 e.